The molecule has 0 saturated heterocycles. The van der Waals surface area contributed by atoms with E-state index in [1.54, 1.807) is 6.20 Å². The second kappa shape index (κ2) is 4.71. The van der Waals surface area contributed by atoms with E-state index in [9.17, 15) is 0 Å². The molecule has 0 bridgehead atoms. The number of hydrogen-bond donors (Lipinski definition) is 1. The average Bonchev–Trinajstić information content (AvgIpc) is 2.57. The summed E-state index contributed by atoms with van der Waals surface area (Å²) < 4.78 is 7.41. The molecule has 0 atom stereocenters. The predicted octanol–water partition coefficient (Wildman–Crippen LogP) is 1.75. The third-order valence-electron chi connectivity index (χ3n) is 2.63. The van der Waals surface area contributed by atoms with Gasteiger partial charge in [0.25, 0.3) is 0 Å². The highest BCUT2D eigenvalue weighted by atomic mass is 16.5. The molecule has 0 aliphatic carbocycles. The maximum absolute atomic E-state index is 5.90. The van der Waals surface area contributed by atoms with Crippen LogP contribution in [0.25, 0.3) is 11.2 Å². The van der Waals surface area contributed by atoms with Crippen molar-refractivity contribution < 1.29 is 4.74 Å². The molecule has 2 N–H and O–H groups in total. The predicted molar refractivity (Wildman–Crippen MR) is 67.8 cm³/mol. The fraction of sp³-hybridized carbons (Fsp3) is 0.500. The lowest BCUT2D eigenvalue weighted by Gasteiger charge is -2.09. The number of nitrogens with two attached hydrogens (primary N) is 1. The highest BCUT2D eigenvalue weighted by Crippen LogP contribution is 2.18. The minimum Gasteiger partial charge on any atom is -0.377 e. The van der Waals surface area contributed by atoms with Crippen molar-refractivity contribution >= 4 is 17.1 Å². The van der Waals surface area contributed by atoms with Crippen LogP contribution in [0.1, 0.15) is 19.4 Å². The van der Waals surface area contributed by atoms with Gasteiger partial charge in [0.1, 0.15) is 5.52 Å². The SMILES string of the molecule is Cc1ccnc2c1nc(N)n2CCOC(C)C. The maximum atomic E-state index is 5.90. The Labute approximate surface area is 101 Å². The Morgan fingerprint density at radius 3 is 2.94 bits per heavy atom. The number of anilines is 1. The molecule has 2 heterocycles. The lowest BCUT2D eigenvalue weighted by atomic mass is 10.3. The Morgan fingerprint density at radius 1 is 1.47 bits per heavy atom. The van der Waals surface area contributed by atoms with Crippen LogP contribution in [0.2, 0.25) is 0 Å². The van der Waals surface area contributed by atoms with Gasteiger partial charge >= 0.3 is 0 Å². The van der Waals surface area contributed by atoms with Crippen LogP contribution in [0.5, 0.6) is 0 Å². The molecule has 2 aromatic heterocycles. The van der Waals surface area contributed by atoms with E-state index in [-0.39, 0.29) is 6.10 Å². The molecule has 17 heavy (non-hydrogen) atoms. The Kier molecular flexibility index (Phi) is 3.28. The zero-order valence-electron chi connectivity index (χ0n) is 10.5. The third-order valence-corrected chi connectivity index (χ3v) is 2.63. The Bertz CT molecular complexity index is 518. The summed E-state index contributed by atoms with van der Waals surface area (Å²) in [5.74, 6) is 0.495. The van der Waals surface area contributed by atoms with E-state index in [2.05, 4.69) is 9.97 Å². The number of aryl methyl sites for hydroxylation is 1. The van der Waals surface area contributed by atoms with E-state index in [0.717, 1.165) is 16.7 Å². The van der Waals surface area contributed by atoms with E-state index in [1.165, 1.54) is 0 Å². The highest BCUT2D eigenvalue weighted by Gasteiger charge is 2.10. The lowest BCUT2D eigenvalue weighted by molar-refractivity contribution is 0.0735. The normalized spacial score (nSPS) is 11.5. The van der Waals surface area contributed by atoms with E-state index in [1.807, 2.05) is 31.4 Å². The molecule has 0 amide bonds. The van der Waals surface area contributed by atoms with Crippen molar-refractivity contribution in [3.63, 3.8) is 0 Å². The van der Waals surface area contributed by atoms with Crippen molar-refractivity contribution in [2.75, 3.05) is 12.3 Å². The molecule has 0 unspecified atom stereocenters. The molecule has 2 aromatic rings. The molecule has 0 aromatic carbocycles. The molecule has 92 valence electrons. The van der Waals surface area contributed by atoms with Gasteiger partial charge in [0, 0.05) is 6.20 Å². The number of nitrogen functional groups attached to an aromatic ring is 1. The van der Waals surface area contributed by atoms with Crippen LogP contribution >= 0.6 is 0 Å². The largest absolute Gasteiger partial charge is 0.377 e. The number of nitrogens with zero attached hydrogens (tertiary/aromatic N) is 3. The molecule has 5 heteroatoms. The van der Waals surface area contributed by atoms with E-state index >= 15 is 0 Å². The molecule has 0 saturated carbocycles. The first kappa shape index (κ1) is 11.9. The van der Waals surface area contributed by atoms with E-state index < -0.39 is 0 Å². The molecule has 2 rings (SSSR count). The van der Waals surface area contributed by atoms with Crippen molar-refractivity contribution in [3.8, 4) is 0 Å². The first-order valence-corrected chi connectivity index (χ1v) is 5.78. The lowest BCUT2D eigenvalue weighted by Crippen LogP contribution is -2.12. The number of ether oxygens (including phenoxy) is 1. The minimum absolute atomic E-state index is 0.223. The quantitative estimate of drug-likeness (QED) is 0.875. The standard InChI is InChI=1S/C12H18N4O/c1-8(2)17-7-6-16-11-10(15-12(16)13)9(3)4-5-14-11/h4-5,8H,6-7H2,1-3H3,(H2,13,15). The summed E-state index contributed by atoms with van der Waals surface area (Å²) in [6, 6.07) is 1.93. The number of rotatable bonds is 4. The van der Waals surface area contributed by atoms with Gasteiger partial charge in [-0.2, -0.15) is 0 Å². The Morgan fingerprint density at radius 2 is 2.24 bits per heavy atom. The summed E-state index contributed by atoms with van der Waals surface area (Å²) in [6.45, 7) is 7.32. The molecule has 0 spiro atoms. The molecule has 0 fully saturated rings. The van der Waals surface area contributed by atoms with Crippen molar-refractivity contribution in [1.29, 1.82) is 0 Å². The van der Waals surface area contributed by atoms with Crippen molar-refractivity contribution in [2.45, 2.75) is 33.4 Å². The molecular formula is C12H18N4O. The smallest absolute Gasteiger partial charge is 0.202 e. The molecule has 0 aliphatic heterocycles. The average molecular weight is 234 g/mol. The van der Waals surface area contributed by atoms with E-state index in [4.69, 9.17) is 10.5 Å². The van der Waals surface area contributed by atoms with Crippen LogP contribution < -0.4 is 5.73 Å². The van der Waals surface area contributed by atoms with Gasteiger partial charge in [-0.05, 0) is 32.4 Å². The van der Waals surface area contributed by atoms with Gasteiger partial charge < -0.3 is 10.5 Å². The number of pyridine rings is 1. The summed E-state index contributed by atoms with van der Waals surface area (Å²) in [5.41, 5.74) is 8.68. The fourth-order valence-corrected chi connectivity index (χ4v) is 1.76. The van der Waals surface area contributed by atoms with Crippen molar-refractivity contribution in [1.82, 2.24) is 14.5 Å². The minimum atomic E-state index is 0.223. The van der Waals surface area contributed by atoms with Crippen LogP contribution in [0.4, 0.5) is 5.95 Å². The van der Waals surface area contributed by atoms with Gasteiger partial charge in [-0.3, -0.25) is 4.57 Å². The fourth-order valence-electron chi connectivity index (χ4n) is 1.76. The molecular weight excluding hydrogens is 216 g/mol. The van der Waals surface area contributed by atoms with Crippen LogP contribution in [0, 0.1) is 6.92 Å². The van der Waals surface area contributed by atoms with Crippen LogP contribution in [0.3, 0.4) is 0 Å². The summed E-state index contributed by atoms with van der Waals surface area (Å²) in [5, 5.41) is 0. The summed E-state index contributed by atoms with van der Waals surface area (Å²) in [4.78, 5) is 8.66. The van der Waals surface area contributed by atoms with Gasteiger partial charge in [0.2, 0.25) is 5.95 Å². The summed E-state index contributed by atoms with van der Waals surface area (Å²) in [7, 11) is 0. The van der Waals surface area contributed by atoms with Gasteiger partial charge in [-0.25, -0.2) is 9.97 Å². The van der Waals surface area contributed by atoms with Gasteiger partial charge in [-0.15, -0.1) is 0 Å². The second-order valence-electron chi connectivity index (χ2n) is 4.34. The van der Waals surface area contributed by atoms with Gasteiger partial charge in [-0.1, -0.05) is 0 Å². The Hall–Kier alpha value is -1.62. The van der Waals surface area contributed by atoms with Crippen LogP contribution in [-0.2, 0) is 11.3 Å². The summed E-state index contributed by atoms with van der Waals surface area (Å²) >= 11 is 0. The number of fused-ring (bicyclic) bond motifs is 1. The molecule has 0 aliphatic rings. The number of imidazole rings is 1. The first-order valence-electron chi connectivity index (χ1n) is 5.78. The van der Waals surface area contributed by atoms with E-state index in [0.29, 0.717) is 19.1 Å². The highest BCUT2D eigenvalue weighted by molar-refractivity contribution is 5.77. The second-order valence-corrected chi connectivity index (χ2v) is 4.34. The van der Waals surface area contributed by atoms with Crippen molar-refractivity contribution in [2.24, 2.45) is 0 Å². The maximum Gasteiger partial charge on any atom is 0.202 e. The molecule has 0 radical (unpaired) electrons. The van der Waals surface area contributed by atoms with Gasteiger partial charge in [0.15, 0.2) is 5.65 Å². The third kappa shape index (κ3) is 2.39. The van der Waals surface area contributed by atoms with Crippen LogP contribution in [-0.4, -0.2) is 27.2 Å². The zero-order chi connectivity index (χ0) is 12.4. The molecule has 5 nitrogen and oxygen atoms in total. The Balaban J connectivity index is 2.27. The van der Waals surface area contributed by atoms with Crippen molar-refractivity contribution in [3.05, 3.63) is 17.8 Å². The first-order chi connectivity index (χ1) is 8.09. The topological polar surface area (TPSA) is 66.0 Å². The van der Waals surface area contributed by atoms with Gasteiger partial charge in [0.05, 0.1) is 19.3 Å². The van der Waals surface area contributed by atoms with Crippen LogP contribution in [0.15, 0.2) is 12.3 Å². The monoisotopic (exact) mass is 234 g/mol. The number of hydrogen-bond acceptors (Lipinski definition) is 4. The zero-order valence-corrected chi connectivity index (χ0v) is 10.5. The summed E-state index contributed by atoms with van der Waals surface area (Å²) in [6.07, 6.45) is 2.00. The number of aromatic nitrogens is 3.